The zero-order valence-corrected chi connectivity index (χ0v) is 17.1. The Morgan fingerprint density at radius 2 is 2.06 bits per heavy atom. The van der Waals surface area contributed by atoms with Crippen molar-refractivity contribution in [2.24, 2.45) is 0 Å². The van der Waals surface area contributed by atoms with E-state index in [0.717, 1.165) is 10.9 Å². The number of aromatic nitrogens is 2. The average Bonchev–Trinajstić information content (AvgIpc) is 3.34. The van der Waals surface area contributed by atoms with Gasteiger partial charge in [0, 0.05) is 10.9 Å². The molecule has 2 aromatic carbocycles. The fourth-order valence-corrected chi connectivity index (χ4v) is 3.30. The number of ether oxygens (including phenoxy) is 2. The molecule has 1 atom stereocenters. The number of carbonyl (C=O) groups is 1. The number of aliphatic hydroxyl groups excluding tert-OH is 1. The van der Waals surface area contributed by atoms with E-state index in [9.17, 15) is 15.2 Å². The van der Waals surface area contributed by atoms with Crippen molar-refractivity contribution in [3.05, 3.63) is 65.4 Å². The van der Waals surface area contributed by atoms with Gasteiger partial charge in [0.25, 0.3) is 0 Å². The number of para-hydroxylation sites is 2. The van der Waals surface area contributed by atoms with Crippen LogP contribution in [0.2, 0.25) is 0 Å². The Labute approximate surface area is 177 Å². The summed E-state index contributed by atoms with van der Waals surface area (Å²) in [5.41, 5.74) is 2.36. The number of allylic oxidation sites excluding steroid dienone is 1. The van der Waals surface area contributed by atoms with Gasteiger partial charge in [0.2, 0.25) is 5.76 Å². The molecule has 0 spiro atoms. The summed E-state index contributed by atoms with van der Waals surface area (Å²) in [6, 6.07) is 14.4. The van der Waals surface area contributed by atoms with E-state index in [1.165, 1.54) is 6.92 Å². The van der Waals surface area contributed by atoms with Gasteiger partial charge in [-0.2, -0.15) is 5.26 Å². The fraction of sp³-hybridized carbons (Fsp3) is 0.174. The van der Waals surface area contributed by atoms with E-state index in [1.807, 2.05) is 18.2 Å². The Hall–Kier alpha value is -4.25. The molecule has 0 aliphatic rings. The van der Waals surface area contributed by atoms with E-state index in [1.54, 1.807) is 44.4 Å². The van der Waals surface area contributed by atoms with E-state index in [4.69, 9.17) is 13.9 Å². The number of nitriles is 1. The van der Waals surface area contributed by atoms with Crippen molar-refractivity contribution in [2.75, 3.05) is 7.11 Å². The van der Waals surface area contributed by atoms with Crippen LogP contribution in [0.4, 0.5) is 0 Å². The summed E-state index contributed by atoms with van der Waals surface area (Å²) in [4.78, 5) is 20.0. The lowest BCUT2D eigenvalue weighted by atomic mass is 10.1. The maximum Gasteiger partial charge on any atom is 0.375 e. The van der Waals surface area contributed by atoms with E-state index in [2.05, 4.69) is 9.97 Å². The second-order valence-corrected chi connectivity index (χ2v) is 6.94. The summed E-state index contributed by atoms with van der Waals surface area (Å²) in [5, 5.41) is 20.9. The van der Waals surface area contributed by atoms with Gasteiger partial charge in [-0.25, -0.2) is 9.78 Å². The summed E-state index contributed by atoms with van der Waals surface area (Å²) >= 11 is 0. The lowest BCUT2D eigenvalue weighted by Gasteiger charge is -2.13. The van der Waals surface area contributed by atoms with Crippen LogP contribution in [0, 0.1) is 18.3 Å². The Bertz CT molecular complexity index is 1340. The Balaban J connectivity index is 1.62. The van der Waals surface area contributed by atoms with Crippen molar-refractivity contribution in [3.8, 4) is 11.8 Å². The molecule has 4 aromatic rings. The molecule has 2 aromatic heterocycles. The summed E-state index contributed by atoms with van der Waals surface area (Å²) < 4.78 is 16.2. The van der Waals surface area contributed by atoms with Gasteiger partial charge >= 0.3 is 5.97 Å². The highest BCUT2D eigenvalue weighted by Crippen LogP contribution is 2.30. The summed E-state index contributed by atoms with van der Waals surface area (Å²) in [6.07, 6.45) is -1.10. The number of imidazole rings is 1. The van der Waals surface area contributed by atoms with Crippen LogP contribution in [0.5, 0.6) is 5.75 Å². The molecule has 0 fully saturated rings. The van der Waals surface area contributed by atoms with Gasteiger partial charge in [0.15, 0.2) is 17.7 Å². The molecule has 31 heavy (non-hydrogen) atoms. The van der Waals surface area contributed by atoms with E-state index >= 15 is 0 Å². The maximum atomic E-state index is 12.7. The summed E-state index contributed by atoms with van der Waals surface area (Å²) in [6.45, 7) is 3.20. The lowest BCUT2D eigenvalue weighted by molar-refractivity contribution is 0.0300. The second-order valence-electron chi connectivity index (χ2n) is 6.94. The number of aliphatic hydroxyl groups is 1. The van der Waals surface area contributed by atoms with Crippen molar-refractivity contribution >= 4 is 33.5 Å². The minimum atomic E-state index is -1.10. The number of fused-ring (bicyclic) bond motifs is 2. The van der Waals surface area contributed by atoms with Crippen LogP contribution in [0.15, 0.2) is 52.6 Å². The molecule has 8 heteroatoms. The van der Waals surface area contributed by atoms with Crippen molar-refractivity contribution < 1.29 is 23.8 Å². The number of aryl methyl sites for hydroxylation is 1. The van der Waals surface area contributed by atoms with Crippen LogP contribution in [0.1, 0.15) is 28.9 Å². The Morgan fingerprint density at radius 3 is 2.77 bits per heavy atom. The normalized spacial score (nSPS) is 13.0. The first kappa shape index (κ1) is 20.0. The minimum absolute atomic E-state index is 0.0187. The number of nitrogens with one attached hydrogen (secondary N) is 1. The SMILES string of the molecule is COc1ccc2oc(C(=O)O[C@H](C)/C(O)=C(\C#N)c3nc4ccccc4[nH]3)c(C)c2c1. The molecule has 2 N–H and O–H groups in total. The molecule has 0 bridgehead atoms. The van der Waals surface area contributed by atoms with E-state index in [0.29, 0.717) is 22.4 Å². The highest BCUT2D eigenvalue weighted by Gasteiger charge is 2.25. The van der Waals surface area contributed by atoms with Crippen molar-refractivity contribution in [1.82, 2.24) is 9.97 Å². The average molecular weight is 417 g/mol. The van der Waals surface area contributed by atoms with Crippen LogP contribution in [0.3, 0.4) is 0 Å². The van der Waals surface area contributed by atoms with Crippen LogP contribution in [-0.4, -0.2) is 34.3 Å². The van der Waals surface area contributed by atoms with Gasteiger partial charge < -0.3 is 24.0 Å². The predicted molar refractivity (Wildman–Crippen MR) is 114 cm³/mol. The molecule has 0 radical (unpaired) electrons. The molecular weight excluding hydrogens is 398 g/mol. The third-order valence-electron chi connectivity index (χ3n) is 4.99. The first-order chi connectivity index (χ1) is 14.9. The molecule has 0 amide bonds. The molecule has 0 saturated heterocycles. The topological polar surface area (TPSA) is 121 Å². The molecule has 2 heterocycles. The number of methoxy groups -OCH3 is 1. The number of carbonyl (C=O) groups excluding carboxylic acids is 1. The van der Waals surface area contributed by atoms with Crippen LogP contribution in [-0.2, 0) is 4.74 Å². The monoisotopic (exact) mass is 417 g/mol. The van der Waals surface area contributed by atoms with Gasteiger partial charge in [0.1, 0.15) is 23.0 Å². The number of hydrogen-bond donors (Lipinski definition) is 2. The smallest absolute Gasteiger partial charge is 0.375 e. The second kappa shape index (κ2) is 7.88. The first-order valence-electron chi connectivity index (χ1n) is 9.49. The number of aromatic amines is 1. The molecule has 0 unspecified atom stereocenters. The third-order valence-corrected chi connectivity index (χ3v) is 4.99. The molecule has 0 saturated carbocycles. The number of hydrogen-bond acceptors (Lipinski definition) is 7. The number of nitrogens with zero attached hydrogens (tertiary/aromatic N) is 2. The zero-order valence-electron chi connectivity index (χ0n) is 17.1. The summed E-state index contributed by atoms with van der Waals surface area (Å²) in [5.74, 6) is -0.324. The fourth-order valence-electron chi connectivity index (χ4n) is 3.30. The van der Waals surface area contributed by atoms with E-state index in [-0.39, 0.29) is 17.2 Å². The molecule has 156 valence electrons. The van der Waals surface area contributed by atoms with Crippen molar-refractivity contribution in [3.63, 3.8) is 0 Å². The quantitative estimate of drug-likeness (QED) is 0.275. The summed E-state index contributed by atoms with van der Waals surface area (Å²) in [7, 11) is 1.55. The maximum absolute atomic E-state index is 12.7. The Kier molecular flexibility index (Phi) is 5.09. The largest absolute Gasteiger partial charge is 0.507 e. The number of benzene rings is 2. The molecular formula is C23H19N3O5. The molecule has 0 aliphatic heterocycles. The van der Waals surface area contributed by atoms with Gasteiger partial charge in [-0.1, -0.05) is 12.1 Å². The number of furan rings is 1. The molecule has 4 rings (SSSR count). The first-order valence-corrected chi connectivity index (χ1v) is 9.49. The van der Waals surface area contributed by atoms with Crippen LogP contribution in [0.25, 0.3) is 27.6 Å². The van der Waals surface area contributed by atoms with E-state index < -0.39 is 17.8 Å². The number of esters is 1. The van der Waals surface area contributed by atoms with Crippen molar-refractivity contribution in [1.29, 1.82) is 5.26 Å². The van der Waals surface area contributed by atoms with Crippen molar-refractivity contribution in [2.45, 2.75) is 20.0 Å². The standard InChI is InChI=1S/C23H19N3O5/c1-12-15-10-14(29-3)8-9-19(15)31-21(12)23(28)30-13(2)20(27)16(11-24)22-25-17-6-4-5-7-18(17)26-22/h4-10,13,27H,1-3H3,(H,25,26)/b20-16-/t13-/m1/s1. The van der Waals surface area contributed by atoms with Crippen LogP contribution >= 0.6 is 0 Å². The van der Waals surface area contributed by atoms with Gasteiger partial charge in [0.05, 0.1) is 18.1 Å². The zero-order chi connectivity index (χ0) is 22.1. The van der Waals surface area contributed by atoms with Gasteiger partial charge in [-0.05, 0) is 44.2 Å². The van der Waals surface area contributed by atoms with Crippen LogP contribution < -0.4 is 4.74 Å². The predicted octanol–water partition coefficient (Wildman–Crippen LogP) is 4.66. The number of H-pyrrole nitrogens is 1. The van der Waals surface area contributed by atoms with Gasteiger partial charge in [-0.3, -0.25) is 0 Å². The highest BCUT2D eigenvalue weighted by molar-refractivity contribution is 5.96. The minimum Gasteiger partial charge on any atom is -0.507 e. The Morgan fingerprint density at radius 1 is 1.29 bits per heavy atom. The lowest BCUT2D eigenvalue weighted by Crippen LogP contribution is -2.18. The molecule has 8 nitrogen and oxygen atoms in total. The molecule has 0 aliphatic carbocycles. The highest BCUT2D eigenvalue weighted by atomic mass is 16.6. The van der Waals surface area contributed by atoms with Gasteiger partial charge in [-0.15, -0.1) is 0 Å². The third kappa shape index (κ3) is 3.57. The number of rotatable bonds is 5.